The van der Waals surface area contributed by atoms with Crippen LogP contribution in [0.5, 0.6) is 0 Å². The number of allylic oxidation sites excluding steroid dienone is 1. The maximum atomic E-state index is 12.9. The van der Waals surface area contributed by atoms with Gasteiger partial charge in [0.2, 0.25) is 0 Å². The summed E-state index contributed by atoms with van der Waals surface area (Å²) >= 11 is 0. The van der Waals surface area contributed by atoms with Crippen LogP contribution in [-0.2, 0) is 4.79 Å². The van der Waals surface area contributed by atoms with Crippen LogP contribution < -0.4 is 4.90 Å². The fraction of sp³-hybridized carbons (Fsp3) is 0.176. The lowest BCUT2D eigenvalue weighted by atomic mass is 10.0. The number of pyridine rings is 1. The second kappa shape index (κ2) is 7.09. The molecule has 1 aromatic carbocycles. The molecule has 1 aromatic heterocycles. The zero-order chi connectivity index (χ0) is 16.9. The molecule has 0 atom stereocenters. The van der Waals surface area contributed by atoms with E-state index in [1.165, 1.54) is 30.7 Å². The Bertz CT molecular complexity index is 682. The van der Waals surface area contributed by atoms with E-state index in [-0.39, 0.29) is 5.56 Å². The summed E-state index contributed by atoms with van der Waals surface area (Å²) in [6.07, 6.45) is -1.04. The van der Waals surface area contributed by atoms with E-state index >= 15 is 0 Å². The molecule has 1 heterocycles. The number of benzene rings is 1. The normalized spacial score (nSPS) is 12.1. The van der Waals surface area contributed by atoms with Gasteiger partial charge in [0.25, 0.3) is 5.78 Å². The minimum atomic E-state index is -4.95. The molecule has 0 fully saturated rings. The summed E-state index contributed by atoms with van der Waals surface area (Å²) in [7, 11) is 0. The molecule has 0 aliphatic carbocycles. The van der Waals surface area contributed by atoms with Crippen molar-refractivity contribution >= 4 is 17.0 Å². The topological polar surface area (TPSA) is 33.2 Å². The number of halogens is 3. The first-order chi connectivity index (χ1) is 10.9. The summed E-state index contributed by atoms with van der Waals surface area (Å²) in [6, 6.07) is 11.8. The number of ketones is 1. The molecule has 0 N–H and O–H groups in total. The number of anilines is 1. The van der Waals surface area contributed by atoms with Gasteiger partial charge in [0.05, 0.1) is 5.57 Å². The molecule has 0 saturated heterocycles. The number of alkyl halides is 3. The lowest BCUT2D eigenvalue weighted by molar-refractivity contribution is -0.164. The highest BCUT2D eigenvalue weighted by atomic mass is 19.4. The molecule has 0 spiro atoms. The van der Waals surface area contributed by atoms with Gasteiger partial charge in [-0.15, -0.1) is 0 Å². The molecular formula is C17H15F3N2O. The van der Waals surface area contributed by atoms with Crippen molar-refractivity contribution in [2.24, 2.45) is 0 Å². The maximum Gasteiger partial charge on any atom is 0.454 e. The molecule has 120 valence electrons. The quantitative estimate of drug-likeness (QED) is 0.778. The van der Waals surface area contributed by atoms with Crippen molar-refractivity contribution in [1.82, 2.24) is 4.98 Å². The van der Waals surface area contributed by atoms with Crippen LogP contribution in [-0.4, -0.2) is 23.5 Å². The molecule has 23 heavy (non-hydrogen) atoms. The lowest BCUT2D eigenvalue weighted by Crippen LogP contribution is -2.26. The Morgan fingerprint density at radius 3 is 2.39 bits per heavy atom. The minimum absolute atomic E-state index is 0.129. The van der Waals surface area contributed by atoms with Gasteiger partial charge in [0, 0.05) is 36.4 Å². The lowest BCUT2D eigenvalue weighted by Gasteiger charge is -2.21. The van der Waals surface area contributed by atoms with Gasteiger partial charge in [-0.2, -0.15) is 13.2 Å². The van der Waals surface area contributed by atoms with Crippen LogP contribution in [0.15, 0.2) is 61.1 Å². The molecule has 0 bridgehead atoms. The van der Waals surface area contributed by atoms with Gasteiger partial charge >= 0.3 is 6.18 Å². The third-order valence-corrected chi connectivity index (χ3v) is 3.19. The summed E-state index contributed by atoms with van der Waals surface area (Å²) in [6.45, 7) is 2.21. The van der Waals surface area contributed by atoms with Crippen molar-refractivity contribution in [2.75, 3.05) is 11.4 Å². The number of hydrogen-bond acceptors (Lipinski definition) is 3. The summed E-state index contributed by atoms with van der Waals surface area (Å²) in [5.41, 5.74) is 0.395. The number of carbonyl (C=O) groups is 1. The van der Waals surface area contributed by atoms with Gasteiger partial charge in [-0.25, -0.2) is 0 Å². The summed E-state index contributed by atoms with van der Waals surface area (Å²) in [5.74, 6) is -1.89. The van der Waals surface area contributed by atoms with E-state index in [0.29, 0.717) is 12.2 Å². The third kappa shape index (κ3) is 4.18. The van der Waals surface area contributed by atoms with E-state index in [2.05, 4.69) is 4.98 Å². The van der Waals surface area contributed by atoms with Crippen LogP contribution in [0.1, 0.15) is 12.5 Å². The fourth-order valence-electron chi connectivity index (χ4n) is 2.06. The zero-order valence-electron chi connectivity index (χ0n) is 12.4. The Labute approximate surface area is 132 Å². The Hall–Kier alpha value is -2.63. The Morgan fingerprint density at radius 1 is 1.17 bits per heavy atom. The number of carbonyl (C=O) groups excluding carboxylic acids is 1. The van der Waals surface area contributed by atoms with E-state index in [0.717, 1.165) is 0 Å². The SMILES string of the molecule is CCN(/C=C(\C(=O)C(F)(F)F)c1cccnc1)c1ccccc1. The first-order valence-electron chi connectivity index (χ1n) is 6.99. The molecule has 2 rings (SSSR count). The number of rotatable bonds is 5. The van der Waals surface area contributed by atoms with Crippen molar-refractivity contribution in [3.63, 3.8) is 0 Å². The van der Waals surface area contributed by atoms with Crippen LogP contribution >= 0.6 is 0 Å². The van der Waals surface area contributed by atoms with Crippen molar-refractivity contribution < 1.29 is 18.0 Å². The van der Waals surface area contributed by atoms with E-state index < -0.39 is 17.5 Å². The molecule has 6 heteroatoms. The first kappa shape index (κ1) is 16.7. The largest absolute Gasteiger partial charge is 0.454 e. The highest BCUT2D eigenvalue weighted by Gasteiger charge is 2.41. The van der Waals surface area contributed by atoms with Crippen LogP contribution in [0, 0.1) is 0 Å². The second-order valence-corrected chi connectivity index (χ2v) is 4.73. The van der Waals surface area contributed by atoms with Gasteiger partial charge < -0.3 is 4.90 Å². The molecule has 0 saturated carbocycles. The molecule has 0 aliphatic rings. The molecular weight excluding hydrogens is 305 g/mol. The Kier molecular flexibility index (Phi) is 5.16. The maximum absolute atomic E-state index is 12.9. The predicted octanol–water partition coefficient (Wildman–Crippen LogP) is 4.08. The molecule has 0 aliphatic heterocycles. The highest BCUT2D eigenvalue weighted by Crippen LogP contribution is 2.28. The first-order valence-corrected chi connectivity index (χ1v) is 6.99. The van der Waals surface area contributed by atoms with Crippen LogP contribution in [0.2, 0.25) is 0 Å². The Morgan fingerprint density at radius 2 is 1.87 bits per heavy atom. The average Bonchev–Trinajstić information content (AvgIpc) is 2.56. The Balaban J connectivity index is 2.50. The van der Waals surface area contributed by atoms with Crippen LogP contribution in [0.25, 0.3) is 5.57 Å². The molecule has 0 amide bonds. The van der Waals surface area contributed by atoms with E-state index in [9.17, 15) is 18.0 Å². The van der Waals surface area contributed by atoms with E-state index in [4.69, 9.17) is 0 Å². The monoisotopic (exact) mass is 320 g/mol. The summed E-state index contributed by atoms with van der Waals surface area (Å²) in [5, 5.41) is 0. The van der Waals surface area contributed by atoms with E-state index in [1.807, 2.05) is 6.07 Å². The summed E-state index contributed by atoms with van der Waals surface area (Å²) in [4.78, 5) is 17.2. The van der Waals surface area contributed by atoms with Gasteiger partial charge in [0.1, 0.15) is 0 Å². The smallest absolute Gasteiger partial charge is 0.348 e. The number of nitrogens with zero attached hydrogens (tertiary/aromatic N) is 2. The average molecular weight is 320 g/mol. The van der Waals surface area contributed by atoms with Gasteiger partial charge in [0.15, 0.2) is 0 Å². The predicted molar refractivity (Wildman–Crippen MR) is 82.7 cm³/mol. The number of Topliss-reactive ketones (excluding diaryl/α,β-unsaturated/α-hetero) is 1. The number of para-hydroxylation sites is 1. The molecule has 2 aromatic rings. The third-order valence-electron chi connectivity index (χ3n) is 3.19. The number of aromatic nitrogens is 1. The van der Waals surface area contributed by atoms with Crippen LogP contribution in [0.3, 0.4) is 0 Å². The standard InChI is InChI=1S/C17H15F3N2O/c1-2-22(14-8-4-3-5-9-14)12-15(16(23)17(18,19)20)13-7-6-10-21-11-13/h3-12H,2H2,1H3/b15-12-. The van der Waals surface area contributed by atoms with Crippen molar-refractivity contribution in [1.29, 1.82) is 0 Å². The molecule has 0 unspecified atom stereocenters. The van der Waals surface area contributed by atoms with E-state index in [1.54, 1.807) is 36.1 Å². The van der Waals surface area contributed by atoms with Crippen molar-refractivity contribution in [3.05, 3.63) is 66.6 Å². The van der Waals surface area contributed by atoms with Gasteiger partial charge in [-0.05, 0) is 25.1 Å². The molecule has 0 radical (unpaired) electrons. The fourth-order valence-corrected chi connectivity index (χ4v) is 2.06. The molecule has 3 nitrogen and oxygen atoms in total. The van der Waals surface area contributed by atoms with Crippen LogP contribution in [0.4, 0.5) is 18.9 Å². The minimum Gasteiger partial charge on any atom is -0.348 e. The van der Waals surface area contributed by atoms with Crippen molar-refractivity contribution in [2.45, 2.75) is 13.1 Å². The van der Waals surface area contributed by atoms with Gasteiger partial charge in [-0.1, -0.05) is 24.3 Å². The van der Waals surface area contributed by atoms with Crippen molar-refractivity contribution in [3.8, 4) is 0 Å². The summed E-state index contributed by atoms with van der Waals surface area (Å²) < 4.78 is 38.7. The zero-order valence-corrected chi connectivity index (χ0v) is 12.4. The second-order valence-electron chi connectivity index (χ2n) is 4.73. The number of hydrogen-bond donors (Lipinski definition) is 0. The van der Waals surface area contributed by atoms with Gasteiger partial charge in [-0.3, -0.25) is 9.78 Å². The highest BCUT2D eigenvalue weighted by molar-refractivity contribution is 6.23.